The monoisotopic (exact) mass is 234 g/mol. The van der Waals surface area contributed by atoms with E-state index in [4.69, 9.17) is 0 Å². The summed E-state index contributed by atoms with van der Waals surface area (Å²) in [6.45, 7) is 1.51. The molecule has 0 radical (unpaired) electrons. The maximum Gasteiger partial charge on any atom is 0.313 e. The van der Waals surface area contributed by atoms with Crippen molar-refractivity contribution in [1.29, 1.82) is 0 Å². The fourth-order valence-electron chi connectivity index (χ4n) is 1.33. The first-order chi connectivity index (χ1) is 6.34. The van der Waals surface area contributed by atoms with Gasteiger partial charge in [-0.1, -0.05) is 12.1 Å². The zero-order valence-corrected chi connectivity index (χ0v) is 8.72. The number of hydrogen-bond donors (Lipinski definition) is 0. The molecule has 1 aliphatic heterocycles. The Morgan fingerprint density at radius 3 is 2.29 bits per heavy atom. The lowest BCUT2D eigenvalue weighted by molar-refractivity contribution is 0.475. The van der Waals surface area contributed by atoms with Gasteiger partial charge in [-0.25, -0.2) is 0 Å². The maximum absolute atomic E-state index is 11.3. The summed E-state index contributed by atoms with van der Waals surface area (Å²) in [5.41, 5.74) is 0.364. The molecular formula is C7H6O5S2. The molecule has 0 N–H and O–H groups in total. The molecule has 1 aromatic rings. The maximum atomic E-state index is 11.3. The molecule has 1 aliphatic rings. The summed E-state index contributed by atoms with van der Waals surface area (Å²) in [4.78, 5) is -0.530. The van der Waals surface area contributed by atoms with E-state index in [9.17, 15) is 16.8 Å². The molecule has 0 spiro atoms. The van der Waals surface area contributed by atoms with Crippen LogP contribution in [-0.4, -0.2) is 16.8 Å². The normalized spacial score (nSPS) is 21.8. The van der Waals surface area contributed by atoms with Crippen molar-refractivity contribution in [2.45, 2.75) is 16.7 Å². The second-order valence-corrected chi connectivity index (χ2v) is 6.09. The first-order valence-electron chi connectivity index (χ1n) is 3.65. The minimum absolute atomic E-state index is 0.250. The van der Waals surface area contributed by atoms with E-state index < -0.39 is 20.2 Å². The van der Waals surface area contributed by atoms with Crippen molar-refractivity contribution < 1.29 is 20.5 Å². The molecule has 1 aromatic carbocycles. The minimum Gasteiger partial charge on any atom is -0.193 e. The Morgan fingerprint density at radius 1 is 1.07 bits per heavy atom. The predicted octanol–water partition coefficient (Wildman–Crippen LogP) is 0.403. The molecule has 1 heterocycles. The van der Waals surface area contributed by atoms with Crippen molar-refractivity contribution in [1.82, 2.24) is 0 Å². The fourth-order valence-corrected chi connectivity index (χ4v) is 4.86. The topological polar surface area (TPSA) is 77.5 Å². The molecule has 2 rings (SSSR count). The van der Waals surface area contributed by atoms with Crippen LogP contribution in [0.15, 0.2) is 28.0 Å². The van der Waals surface area contributed by atoms with Gasteiger partial charge in [0.1, 0.15) is 9.79 Å². The van der Waals surface area contributed by atoms with E-state index in [0.717, 1.165) is 0 Å². The van der Waals surface area contributed by atoms with Crippen LogP contribution in [0, 0.1) is 6.92 Å². The van der Waals surface area contributed by atoms with Crippen LogP contribution in [0.3, 0.4) is 0 Å². The van der Waals surface area contributed by atoms with Crippen LogP contribution < -0.4 is 0 Å². The molecule has 0 aromatic heterocycles. The molecule has 5 nitrogen and oxygen atoms in total. The summed E-state index contributed by atoms with van der Waals surface area (Å²) in [6.07, 6.45) is 0. The Kier molecular flexibility index (Phi) is 1.76. The molecular weight excluding hydrogens is 228 g/mol. The van der Waals surface area contributed by atoms with Gasteiger partial charge in [-0.05, 0) is 18.6 Å². The summed E-state index contributed by atoms with van der Waals surface area (Å²) in [6, 6.07) is 4.19. The number of aryl methyl sites for hydroxylation is 1. The third-order valence-corrected chi connectivity index (χ3v) is 5.36. The molecule has 7 heteroatoms. The average molecular weight is 234 g/mol. The van der Waals surface area contributed by atoms with Crippen molar-refractivity contribution in [2.75, 3.05) is 0 Å². The Morgan fingerprint density at radius 2 is 1.71 bits per heavy atom. The van der Waals surface area contributed by atoms with Crippen LogP contribution in [0.5, 0.6) is 0 Å². The summed E-state index contributed by atoms with van der Waals surface area (Å²) >= 11 is 0. The first-order valence-corrected chi connectivity index (χ1v) is 6.47. The Balaban J connectivity index is 3.01. The minimum atomic E-state index is -4.13. The predicted molar refractivity (Wildman–Crippen MR) is 46.6 cm³/mol. The second-order valence-electron chi connectivity index (χ2n) is 2.88. The number of benzene rings is 1. The van der Waals surface area contributed by atoms with Crippen molar-refractivity contribution in [2.24, 2.45) is 0 Å². The summed E-state index contributed by atoms with van der Waals surface area (Å²) < 4.78 is 49.0. The van der Waals surface area contributed by atoms with E-state index in [-0.39, 0.29) is 9.79 Å². The van der Waals surface area contributed by atoms with E-state index in [1.54, 1.807) is 0 Å². The number of fused-ring (bicyclic) bond motifs is 1. The van der Waals surface area contributed by atoms with E-state index in [1.165, 1.54) is 25.1 Å². The van der Waals surface area contributed by atoms with E-state index in [1.807, 2.05) is 0 Å². The zero-order valence-electron chi connectivity index (χ0n) is 7.09. The van der Waals surface area contributed by atoms with Gasteiger partial charge in [-0.15, -0.1) is 3.63 Å². The molecule has 0 fully saturated rings. The SMILES string of the molecule is Cc1cccc2c1S(=O)(=O)OS2(=O)=O. The lowest BCUT2D eigenvalue weighted by Gasteiger charge is -1.96. The summed E-state index contributed by atoms with van der Waals surface area (Å²) in [7, 11) is -8.26. The van der Waals surface area contributed by atoms with Gasteiger partial charge in [0.2, 0.25) is 0 Å². The lowest BCUT2D eigenvalue weighted by atomic mass is 10.2. The molecule has 0 saturated heterocycles. The average Bonchev–Trinajstić information content (AvgIpc) is 2.18. The lowest BCUT2D eigenvalue weighted by Crippen LogP contribution is -2.01. The second kappa shape index (κ2) is 2.56. The highest BCUT2D eigenvalue weighted by Crippen LogP contribution is 2.35. The van der Waals surface area contributed by atoms with Gasteiger partial charge in [-0.3, -0.25) is 0 Å². The Hall–Kier alpha value is -0.920. The van der Waals surface area contributed by atoms with Crippen molar-refractivity contribution in [3.8, 4) is 0 Å². The van der Waals surface area contributed by atoms with Crippen LogP contribution in [0.2, 0.25) is 0 Å². The Labute approximate surface area is 81.6 Å². The van der Waals surface area contributed by atoms with Crippen LogP contribution in [-0.2, 0) is 23.9 Å². The van der Waals surface area contributed by atoms with Gasteiger partial charge in [-0.2, -0.15) is 16.8 Å². The molecule has 0 unspecified atom stereocenters. The van der Waals surface area contributed by atoms with Gasteiger partial charge in [0, 0.05) is 0 Å². The molecule has 0 bridgehead atoms. The molecule has 14 heavy (non-hydrogen) atoms. The standard InChI is InChI=1S/C7H6O5S2/c1-5-3-2-4-6-7(5)14(10,11)12-13(6,8)9/h2-4H,1H3. The molecule has 0 amide bonds. The smallest absolute Gasteiger partial charge is 0.193 e. The van der Waals surface area contributed by atoms with Crippen LogP contribution in [0.25, 0.3) is 0 Å². The third-order valence-electron chi connectivity index (χ3n) is 1.87. The third kappa shape index (κ3) is 1.17. The van der Waals surface area contributed by atoms with Gasteiger partial charge in [0.25, 0.3) is 0 Å². The zero-order chi connectivity index (χ0) is 10.6. The van der Waals surface area contributed by atoms with Gasteiger partial charge >= 0.3 is 20.2 Å². The number of hydrogen-bond acceptors (Lipinski definition) is 5. The molecule has 0 atom stereocenters. The van der Waals surface area contributed by atoms with E-state index in [2.05, 4.69) is 3.63 Å². The number of rotatable bonds is 0. The van der Waals surface area contributed by atoms with Gasteiger partial charge in [0.05, 0.1) is 0 Å². The van der Waals surface area contributed by atoms with Gasteiger partial charge in [0.15, 0.2) is 0 Å². The molecule has 76 valence electrons. The first kappa shape index (κ1) is 9.63. The van der Waals surface area contributed by atoms with Crippen LogP contribution >= 0.6 is 0 Å². The largest absolute Gasteiger partial charge is 0.313 e. The molecule has 0 aliphatic carbocycles. The van der Waals surface area contributed by atoms with Crippen molar-refractivity contribution >= 4 is 20.2 Å². The highest BCUT2D eigenvalue weighted by atomic mass is 32.3. The summed E-state index contributed by atoms with van der Waals surface area (Å²) in [5.74, 6) is 0. The summed E-state index contributed by atoms with van der Waals surface area (Å²) in [5, 5.41) is 0. The van der Waals surface area contributed by atoms with E-state index >= 15 is 0 Å². The van der Waals surface area contributed by atoms with Gasteiger partial charge < -0.3 is 0 Å². The van der Waals surface area contributed by atoms with E-state index in [0.29, 0.717) is 5.56 Å². The fraction of sp³-hybridized carbons (Fsp3) is 0.143. The Bertz CT molecular complexity index is 597. The van der Waals surface area contributed by atoms with Crippen LogP contribution in [0.1, 0.15) is 5.56 Å². The van der Waals surface area contributed by atoms with Crippen molar-refractivity contribution in [3.05, 3.63) is 23.8 Å². The van der Waals surface area contributed by atoms with Crippen LogP contribution in [0.4, 0.5) is 0 Å². The van der Waals surface area contributed by atoms with Crippen molar-refractivity contribution in [3.63, 3.8) is 0 Å². The highest BCUT2D eigenvalue weighted by Gasteiger charge is 2.41. The highest BCUT2D eigenvalue weighted by molar-refractivity contribution is 8.02. The quantitative estimate of drug-likeness (QED) is 0.649. The molecule has 0 saturated carbocycles.